The van der Waals surface area contributed by atoms with Gasteiger partial charge in [-0.1, -0.05) is 12.5 Å². The van der Waals surface area contributed by atoms with Crippen LogP contribution in [0.25, 0.3) is 0 Å². The summed E-state index contributed by atoms with van der Waals surface area (Å²) in [6.45, 7) is 0. The molecule has 1 N–H and O–H groups in total. The Bertz CT molecular complexity index is 259. The Morgan fingerprint density at radius 2 is 1.87 bits per heavy atom. The van der Waals surface area contributed by atoms with E-state index in [1.165, 1.54) is 50.5 Å². The Hall–Kier alpha value is -0.300. The molecule has 0 aliphatic heterocycles. The maximum Gasteiger partial charge on any atom is 0.0778 e. The van der Waals surface area contributed by atoms with E-state index in [1.54, 1.807) is 0 Å². The second kappa shape index (κ2) is 3.93. The summed E-state index contributed by atoms with van der Waals surface area (Å²) in [6, 6.07) is 0. The Morgan fingerprint density at radius 1 is 1.07 bits per heavy atom. The smallest absolute Gasteiger partial charge is 0.0778 e. The predicted octanol–water partition coefficient (Wildman–Crippen LogP) is 3.28. The summed E-state index contributed by atoms with van der Waals surface area (Å²) in [5, 5.41) is 10.4. The van der Waals surface area contributed by atoms with Crippen molar-refractivity contribution >= 4 is 0 Å². The number of hydrogen-bond donors (Lipinski definition) is 1. The van der Waals surface area contributed by atoms with E-state index in [0.29, 0.717) is 5.92 Å². The minimum atomic E-state index is -0.0871. The minimum Gasteiger partial charge on any atom is -0.388 e. The van der Waals surface area contributed by atoms with Crippen molar-refractivity contribution in [3.8, 4) is 0 Å². The summed E-state index contributed by atoms with van der Waals surface area (Å²) >= 11 is 0. The third-order valence-corrected chi connectivity index (χ3v) is 4.68. The Labute approximate surface area is 92.6 Å². The Morgan fingerprint density at radius 3 is 2.67 bits per heavy atom. The average Bonchev–Trinajstić information content (AvgIpc) is 2.95. The lowest BCUT2D eigenvalue weighted by Crippen LogP contribution is -2.21. The van der Waals surface area contributed by atoms with Crippen molar-refractivity contribution in [2.24, 2.45) is 17.8 Å². The molecular formula is C14H22O. The van der Waals surface area contributed by atoms with E-state index in [4.69, 9.17) is 0 Å². The zero-order valence-electron chi connectivity index (χ0n) is 9.49. The van der Waals surface area contributed by atoms with Crippen LogP contribution in [0.1, 0.15) is 51.4 Å². The third kappa shape index (κ3) is 1.99. The molecule has 0 bridgehead atoms. The van der Waals surface area contributed by atoms with Gasteiger partial charge in [-0.25, -0.2) is 0 Å². The van der Waals surface area contributed by atoms with Crippen LogP contribution in [-0.4, -0.2) is 11.2 Å². The molecule has 2 saturated carbocycles. The third-order valence-electron chi connectivity index (χ3n) is 4.68. The molecule has 1 heteroatoms. The van der Waals surface area contributed by atoms with Gasteiger partial charge in [0.25, 0.3) is 0 Å². The molecule has 84 valence electrons. The van der Waals surface area contributed by atoms with Gasteiger partial charge in [-0.3, -0.25) is 0 Å². The van der Waals surface area contributed by atoms with Gasteiger partial charge in [0, 0.05) is 0 Å². The SMILES string of the molecule is OC(C1=CCCCCC1)C1CC2CC2C1. The van der Waals surface area contributed by atoms with Crippen LogP contribution in [0.15, 0.2) is 11.6 Å². The van der Waals surface area contributed by atoms with Crippen molar-refractivity contribution in [2.75, 3.05) is 0 Å². The molecule has 3 rings (SSSR count). The summed E-state index contributed by atoms with van der Waals surface area (Å²) in [7, 11) is 0. The van der Waals surface area contributed by atoms with Crippen LogP contribution in [0.5, 0.6) is 0 Å². The molecule has 3 aliphatic carbocycles. The van der Waals surface area contributed by atoms with Crippen molar-refractivity contribution in [3.05, 3.63) is 11.6 Å². The van der Waals surface area contributed by atoms with E-state index in [1.807, 2.05) is 0 Å². The van der Waals surface area contributed by atoms with Crippen molar-refractivity contribution in [2.45, 2.75) is 57.5 Å². The molecule has 0 heterocycles. The van der Waals surface area contributed by atoms with Crippen LogP contribution in [-0.2, 0) is 0 Å². The fraction of sp³-hybridized carbons (Fsp3) is 0.857. The normalized spacial score (nSPS) is 41.7. The second-order valence-corrected chi connectivity index (χ2v) is 5.81. The number of fused-ring (bicyclic) bond motifs is 1. The molecule has 3 atom stereocenters. The van der Waals surface area contributed by atoms with Crippen LogP contribution in [0.2, 0.25) is 0 Å². The van der Waals surface area contributed by atoms with Gasteiger partial charge < -0.3 is 5.11 Å². The van der Waals surface area contributed by atoms with Gasteiger partial charge in [-0.15, -0.1) is 0 Å². The zero-order chi connectivity index (χ0) is 10.3. The summed E-state index contributed by atoms with van der Waals surface area (Å²) < 4.78 is 0. The van der Waals surface area contributed by atoms with Gasteiger partial charge in [0.15, 0.2) is 0 Å². The number of rotatable bonds is 2. The lowest BCUT2D eigenvalue weighted by atomic mass is 9.89. The number of allylic oxidation sites excluding steroid dienone is 1. The first-order valence-electron chi connectivity index (χ1n) is 6.71. The molecule has 0 aromatic rings. The van der Waals surface area contributed by atoms with Gasteiger partial charge in [0.2, 0.25) is 0 Å². The van der Waals surface area contributed by atoms with Crippen molar-refractivity contribution in [1.82, 2.24) is 0 Å². The molecule has 0 aromatic heterocycles. The largest absolute Gasteiger partial charge is 0.388 e. The van der Waals surface area contributed by atoms with Gasteiger partial charge in [0.05, 0.1) is 6.10 Å². The topological polar surface area (TPSA) is 20.2 Å². The van der Waals surface area contributed by atoms with E-state index in [-0.39, 0.29) is 6.10 Å². The van der Waals surface area contributed by atoms with E-state index in [9.17, 15) is 5.11 Å². The van der Waals surface area contributed by atoms with E-state index in [2.05, 4.69) is 6.08 Å². The van der Waals surface area contributed by atoms with Crippen LogP contribution in [0, 0.1) is 17.8 Å². The molecular weight excluding hydrogens is 184 g/mol. The number of hydrogen-bond acceptors (Lipinski definition) is 1. The van der Waals surface area contributed by atoms with Crippen LogP contribution in [0.4, 0.5) is 0 Å². The highest BCUT2D eigenvalue weighted by molar-refractivity contribution is 5.13. The second-order valence-electron chi connectivity index (χ2n) is 5.81. The van der Waals surface area contributed by atoms with Crippen LogP contribution in [0.3, 0.4) is 0 Å². The average molecular weight is 206 g/mol. The van der Waals surface area contributed by atoms with E-state index in [0.717, 1.165) is 18.3 Å². The monoisotopic (exact) mass is 206 g/mol. The van der Waals surface area contributed by atoms with E-state index >= 15 is 0 Å². The van der Waals surface area contributed by atoms with Gasteiger partial charge in [-0.2, -0.15) is 0 Å². The zero-order valence-corrected chi connectivity index (χ0v) is 9.49. The van der Waals surface area contributed by atoms with Crippen molar-refractivity contribution in [3.63, 3.8) is 0 Å². The highest BCUT2D eigenvalue weighted by Crippen LogP contribution is 2.55. The van der Waals surface area contributed by atoms with Crippen LogP contribution >= 0.6 is 0 Å². The first-order chi connectivity index (χ1) is 7.34. The lowest BCUT2D eigenvalue weighted by Gasteiger charge is -2.22. The predicted molar refractivity (Wildman–Crippen MR) is 61.5 cm³/mol. The first-order valence-corrected chi connectivity index (χ1v) is 6.71. The number of aliphatic hydroxyl groups excluding tert-OH is 1. The molecule has 0 spiro atoms. The Balaban J connectivity index is 1.62. The Kier molecular flexibility index (Phi) is 2.59. The van der Waals surface area contributed by atoms with Crippen molar-refractivity contribution in [1.29, 1.82) is 0 Å². The lowest BCUT2D eigenvalue weighted by molar-refractivity contribution is 0.133. The quantitative estimate of drug-likeness (QED) is 0.687. The molecule has 3 aliphatic rings. The van der Waals surface area contributed by atoms with Gasteiger partial charge >= 0.3 is 0 Å². The summed E-state index contributed by atoms with van der Waals surface area (Å²) in [4.78, 5) is 0. The maximum absolute atomic E-state index is 10.4. The summed E-state index contributed by atoms with van der Waals surface area (Å²) in [5.41, 5.74) is 1.37. The first kappa shape index (κ1) is 9.89. The summed E-state index contributed by atoms with van der Waals surface area (Å²) in [5.74, 6) is 2.60. The molecule has 1 nitrogen and oxygen atoms in total. The molecule has 0 aromatic carbocycles. The fourth-order valence-corrected chi connectivity index (χ4v) is 3.63. The fourth-order valence-electron chi connectivity index (χ4n) is 3.63. The molecule has 2 fully saturated rings. The van der Waals surface area contributed by atoms with Gasteiger partial charge in [0.1, 0.15) is 0 Å². The maximum atomic E-state index is 10.4. The van der Waals surface area contributed by atoms with Gasteiger partial charge in [-0.05, 0) is 68.3 Å². The van der Waals surface area contributed by atoms with Crippen LogP contribution < -0.4 is 0 Å². The molecule has 3 unspecified atom stereocenters. The minimum absolute atomic E-state index is 0.0871. The standard InChI is InChI=1S/C14H22O/c15-14(10-5-3-1-2-4-6-10)13-8-11-7-12(11)9-13/h5,11-15H,1-4,6-9H2. The van der Waals surface area contributed by atoms with E-state index < -0.39 is 0 Å². The molecule has 0 saturated heterocycles. The highest BCUT2D eigenvalue weighted by Gasteiger charge is 2.47. The number of aliphatic hydroxyl groups is 1. The molecule has 0 radical (unpaired) electrons. The molecule has 0 amide bonds. The molecule has 15 heavy (non-hydrogen) atoms. The van der Waals surface area contributed by atoms with Crippen molar-refractivity contribution < 1.29 is 5.11 Å². The summed E-state index contributed by atoms with van der Waals surface area (Å²) in [6.07, 6.45) is 12.7. The highest BCUT2D eigenvalue weighted by atomic mass is 16.3.